The number of rotatable bonds is 5. The third-order valence-electron chi connectivity index (χ3n) is 2.47. The summed E-state index contributed by atoms with van der Waals surface area (Å²) in [6.07, 6.45) is -4.90. The van der Waals surface area contributed by atoms with E-state index >= 15 is 0 Å². The van der Waals surface area contributed by atoms with E-state index in [0.29, 0.717) is 0 Å². The Kier molecular flexibility index (Phi) is 4.88. The van der Waals surface area contributed by atoms with Crippen molar-refractivity contribution in [3.05, 3.63) is 10.6 Å². The molecule has 0 saturated carbocycles. The Hall–Kier alpha value is -0.690. The lowest BCUT2D eigenvalue weighted by molar-refractivity contribution is -0.136. The van der Waals surface area contributed by atoms with Crippen molar-refractivity contribution in [2.24, 2.45) is 0 Å². The van der Waals surface area contributed by atoms with Gasteiger partial charge in [0.15, 0.2) is 0 Å². The fraction of sp³-hybridized carbons (Fsp3) is 0.800. The SMILES string of the molecule is CNC(CCC(F)(F)F)c1snnc1C(C)C. The van der Waals surface area contributed by atoms with Gasteiger partial charge in [0, 0.05) is 12.5 Å². The zero-order chi connectivity index (χ0) is 13.1. The lowest BCUT2D eigenvalue weighted by Gasteiger charge is -2.17. The minimum atomic E-state index is -4.12. The second-order valence-corrected chi connectivity index (χ2v) is 4.96. The Bertz CT molecular complexity index is 349. The molecule has 1 unspecified atom stereocenters. The van der Waals surface area contributed by atoms with Crippen molar-refractivity contribution in [1.29, 1.82) is 0 Å². The van der Waals surface area contributed by atoms with E-state index in [9.17, 15) is 13.2 Å². The van der Waals surface area contributed by atoms with Crippen molar-refractivity contribution < 1.29 is 13.2 Å². The van der Waals surface area contributed by atoms with Crippen LogP contribution in [-0.4, -0.2) is 22.8 Å². The molecule has 0 radical (unpaired) electrons. The van der Waals surface area contributed by atoms with Crippen LogP contribution in [0.15, 0.2) is 0 Å². The van der Waals surface area contributed by atoms with E-state index in [1.165, 1.54) is 11.5 Å². The van der Waals surface area contributed by atoms with Crippen LogP contribution in [-0.2, 0) is 0 Å². The van der Waals surface area contributed by atoms with E-state index in [1.807, 2.05) is 13.8 Å². The lowest BCUT2D eigenvalue weighted by atomic mass is 10.0. The molecule has 0 aromatic carbocycles. The topological polar surface area (TPSA) is 37.8 Å². The van der Waals surface area contributed by atoms with E-state index in [1.54, 1.807) is 7.05 Å². The Morgan fingerprint density at radius 2 is 2.00 bits per heavy atom. The molecule has 1 aromatic rings. The highest BCUT2D eigenvalue weighted by molar-refractivity contribution is 7.05. The number of alkyl halides is 3. The van der Waals surface area contributed by atoms with Gasteiger partial charge in [-0.05, 0) is 30.9 Å². The molecular weight excluding hydrogens is 251 g/mol. The maximum absolute atomic E-state index is 12.2. The van der Waals surface area contributed by atoms with Crippen LogP contribution >= 0.6 is 11.5 Å². The van der Waals surface area contributed by atoms with Gasteiger partial charge in [-0.2, -0.15) is 13.2 Å². The molecule has 0 aliphatic carbocycles. The first-order valence-electron chi connectivity index (χ1n) is 5.41. The molecule has 98 valence electrons. The molecule has 0 saturated heterocycles. The number of hydrogen-bond donors (Lipinski definition) is 1. The van der Waals surface area contributed by atoms with Crippen LogP contribution < -0.4 is 5.32 Å². The molecule has 0 fully saturated rings. The molecule has 1 atom stereocenters. The Labute approximate surface area is 103 Å². The second kappa shape index (κ2) is 5.77. The maximum Gasteiger partial charge on any atom is 0.389 e. The third-order valence-corrected chi connectivity index (χ3v) is 3.32. The van der Waals surface area contributed by atoms with E-state index in [4.69, 9.17) is 0 Å². The number of halogens is 3. The Morgan fingerprint density at radius 3 is 2.47 bits per heavy atom. The fourth-order valence-electron chi connectivity index (χ4n) is 1.56. The Morgan fingerprint density at radius 1 is 1.35 bits per heavy atom. The van der Waals surface area contributed by atoms with Crippen LogP contribution in [0.2, 0.25) is 0 Å². The standard InChI is InChI=1S/C10H16F3N3S/c1-6(2)8-9(17-16-15-8)7(14-3)4-5-10(11,12)13/h6-7,14H,4-5H2,1-3H3. The average Bonchev–Trinajstić information content (AvgIpc) is 2.66. The molecule has 3 nitrogen and oxygen atoms in total. The van der Waals surface area contributed by atoms with E-state index in [0.717, 1.165) is 10.6 Å². The lowest BCUT2D eigenvalue weighted by Crippen LogP contribution is -2.20. The summed E-state index contributed by atoms with van der Waals surface area (Å²) in [6.45, 7) is 3.91. The van der Waals surface area contributed by atoms with Gasteiger partial charge in [0.2, 0.25) is 0 Å². The summed E-state index contributed by atoms with van der Waals surface area (Å²) in [5, 5.41) is 6.88. The smallest absolute Gasteiger partial charge is 0.312 e. The van der Waals surface area contributed by atoms with Crippen LogP contribution in [0.4, 0.5) is 13.2 Å². The third kappa shape index (κ3) is 4.23. The number of aromatic nitrogens is 2. The highest BCUT2D eigenvalue weighted by Crippen LogP contribution is 2.32. The van der Waals surface area contributed by atoms with Crippen LogP contribution in [0.3, 0.4) is 0 Å². The summed E-state index contributed by atoms with van der Waals surface area (Å²) in [6, 6.07) is -0.325. The van der Waals surface area contributed by atoms with E-state index in [-0.39, 0.29) is 18.4 Å². The number of nitrogens with zero attached hydrogens (tertiary/aromatic N) is 2. The van der Waals surface area contributed by atoms with Gasteiger partial charge in [0.05, 0.1) is 10.6 Å². The molecule has 1 heterocycles. The van der Waals surface area contributed by atoms with Crippen molar-refractivity contribution in [1.82, 2.24) is 14.9 Å². The summed E-state index contributed by atoms with van der Waals surface area (Å²) in [5.74, 6) is 0.172. The van der Waals surface area contributed by atoms with Crippen molar-refractivity contribution in [2.45, 2.75) is 44.8 Å². The number of nitrogens with one attached hydrogen (secondary N) is 1. The second-order valence-electron chi connectivity index (χ2n) is 4.17. The summed E-state index contributed by atoms with van der Waals surface area (Å²) in [4.78, 5) is 0.812. The highest BCUT2D eigenvalue weighted by atomic mass is 32.1. The van der Waals surface area contributed by atoms with Gasteiger partial charge in [-0.1, -0.05) is 18.3 Å². The normalized spacial score (nSPS) is 14.3. The molecule has 1 N–H and O–H groups in total. The van der Waals surface area contributed by atoms with Crippen LogP contribution in [0.5, 0.6) is 0 Å². The van der Waals surface area contributed by atoms with Crippen LogP contribution in [0, 0.1) is 0 Å². The first-order valence-corrected chi connectivity index (χ1v) is 6.18. The van der Waals surface area contributed by atoms with E-state index in [2.05, 4.69) is 14.9 Å². The summed E-state index contributed by atoms with van der Waals surface area (Å²) < 4.78 is 40.4. The largest absolute Gasteiger partial charge is 0.389 e. The molecule has 17 heavy (non-hydrogen) atoms. The molecule has 1 aromatic heterocycles. The predicted molar refractivity (Wildman–Crippen MR) is 61.1 cm³/mol. The average molecular weight is 267 g/mol. The maximum atomic E-state index is 12.2. The van der Waals surface area contributed by atoms with Gasteiger partial charge in [-0.3, -0.25) is 0 Å². The van der Waals surface area contributed by atoms with Gasteiger partial charge in [-0.15, -0.1) is 5.10 Å². The molecule has 0 spiro atoms. The summed E-state index contributed by atoms with van der Waals surface area (Å²) in [7, 11) is 1.66. The molecule has 0 amide bonds. The van der Waals surface area contributed by atoms with Crippen molar-refractivity contribution in [2.75, 3.05) is 7.05 Å². The van der Waals surface area contributed by atoms with Gasteiger partial charge in [0.25, 0.3) is 0 Å². The molecule has 0 bridgehead atoms. The van der Waals surface area contributed by atoms with Gasteiger partial charge < -0.3 is 5.32 Å². The predicted octanol–water partition coefficient (Wildman–Crippen LogP) is 3.26. The molecule has 7 heteroatoms. The summed E-state index contributed by atoms with van der Waals surface area (Å²) >= 11 is 1.17. The molecule has 1 rings (SSSR count). The van der Waals surface area contributed by atoms with Crippen molar-refractivity contribution >= 4 is 11.5 Å². The first-order chi connectivity index (χ1) is 7.85. The van der Waals surface area contributed by atoms with Gasteiger partial charge in [0.1, 0.15) is 0 Å². The van der Waals surface area contributed by atoms with Gasteiger partial charge in [-0.25, -0.2) is 0 Å². The fourth-order valence-corrected chi connectivity index (χ4v) is 2.51. The minimum Gasteiger partial charge on any atom is -0.312 e. The zero-order valence-corrected chi connectivity index (χ0v) is 10.8. The summed E-state index contributed by atoms with van der Waals surface area (Å²) in [5.41, 5.74) is 0.788. The Balaban J connectivity index is 2.76. The molecule has 0 aliphatic rings. The first kappa shape index (κ1) is 14.4. The monoisotopic (exact) mass is 267 g/mol. The van der Waals surface area contributed by atoms with E-state index < -0.39 is 12.6 Å². The van der Waals surface area contributed by atoms with Crippen LogP contribution in [0.25, 0.3) is 0 Å². The molecule has 0 aliphatic heterocycles. The van der Waals surface area contributed by atoms with Crippen molar-refractivity contribution in [3.63, 3.8) is 0 Å². The van der Waals surface area contributed by atoms with Gasteiger partial charge >= 0.3 is 6.18 Å². The molecular formula is C10H16F3N3S. The number of hydrogen-bond acceptors (Lipinski definition) is 4. The van der Waals surface area contributed by atoms with Crippen molar-refractivity contribution in [3.8, 4) is 0 Å². The van der Waals surface area contributed by atoms with Crippen LogP contribution in [0.1, 0.15) is 49.2 Å². The zero-order valence-electron chi connectivity index (χ0n) is 10.0. The quantitative estimate of drug-likeness (QED) is 0.889. The highest BCUT2D eigenvalue weighted by Gasteiger charge is 2.30. The minimum absolute atomic E-state index is 0.0175.